The summed E-state index contributed by atoms with van der Waals surface area (Å²) in [4.78, 5) is 23.8. The average Bonchev–Trinajstić information content (AvgIpc) is 3.23. The zero-order valence-corrected chi connectivity index (χ0v) is 19.8. The van der Waals surface area contributed by atoms with Gasteiger partial charge in [-0.25, -0.2) is 4.98 Å². The van der Waals surface area contributed by atoms with Crippen LogP contribution in [0.25, 0.3) is 0 Å². The minimum Gasteiger partial charge on any atom is -0.356 e. The number of carbonyl (C=O) groups is 1. The van der Waals surface area contributed by atoms with Crippen molar-refractivity contribution in [3.63, 3.8) is 0 Å². The van der Waals surface area contributed by atoms with Crippen molar-refractivity contribution in [2.75, 3.05) is 25.0 Å². The van der Waals surface area contributed by atoms with Crippen LogP contribution in [0, 0.1) is 13.8 Å². The summed E-state index contributed by atoms with van der Waals surface area (Å²) in [5.74, 6) is 1.00. The highest BCUT2D eigenvalue weighted by molar-refractivity contribution is 14.0. The molecule has 1 aliphatic heterocycles. The molecule has 0 radical (unpaired) electrons. The SMILES string of the molecule is CN=C(NCCc1sc(C)nc1C)NCc1ccc(N2CCCC2=O)cc1.I. The quantitative estimate of drug-likeness (QED) is 0.353. The van der Waals surface area contributed by atoms with Crippen LogP contribution in [-0.2, 0) is 17.8 Å². The molecular weight excluding hydrogens is 485 g/mol. The molecule has 1 fully saturated rings. The van der Waals surface area contributed by atoms with Gasteiger partial charge in [0.25, 0.3) is 0 Å². The van der Waals surface area contributed by atoms with Crippen molar-refractivity contribution in [3.8, 4) is 0 Å². The number of anilines is 1. The molecule has 0 spiro atoms. The lowest BCUT2D eigenvalue weighted by Gasteiger charge is -2.16. The summed E-state index contributed by atoms with van der Waals surface area (Å²) in [7, 11) is 1.78. The van der Waals surface area contributed by atoms with Gasteiger partial charge in [0.05, 0.1) is 10.7 Å². The van der Waals surface area contributed by atoms with E-state index in [1.165, 1.54) is 4.88 Å². The second-order valence-corrected chi connectivity index (χ2v) is 7.95. The topological polar surface area (TPSA) is 69.6 Å². The summed E-state index contributed by atoms with van der Waals surface area (Å²) in [6, 6.07) is 8.16. The normalized spacial score (nSPS) is 14.2. The largest absolute Gasteiger partial charge is 0.356 e. The number of halogens is 1. The number of benzene rings is 1. The van der Waals surface area contributed by atoms with E-state index in [1.807, 2.05) is 24.0 Å². The third kappa shape index (κ3) is 5.91. The molecule has 3 rings (SSSR count). The number of nitrogens with one attached hydrogen (secondary N) is 2. The van der Waals surface area contributed by atoms with E-state index in [0.29, 0.717) is 13.0 Å². The predicted octanol–water partition coefficient (Wildman–Crippen LogP) is 3.41. The van der Waals surface area contributed by atoms with Crippen LogP contribution in [0.1, 0.15) is 34.0 Å². The first-order chi connectivity index (χ1) is 13.1. The van der Waals surface area contributed by atoms with Gasteiger partial charge >= 0.3 is 0 Å². The number of aryl methyl sites for hydroxylation is 2. The standard InChI is InChI=1S/C20H27N5OS.HI/c1-14-18(27-15(2)24-14)10-11-22-20(21-3)23-13-16-6-8-17(9-7-16)25-12-4-5-19(25)26;/h6-9H,4-5,10-13H2,1-3H3,(H2,21,22,23);1H. The molecule has 1 aromatic heterocycles. The minimum absolute atomic E-state index is 0. The molecule has 0 bridgehead atoms. The Morgan fingerprint density at radius 1 is 1.25 bits per heavy atom. The number of carbonyl (C=O) groups excluding carboxylic acids is 1. The van der Waals surface area contributed by atoms with Crippen molar-refractivity contribution in [1.82, 2.24) is 15.6 Å². The van der Waals surface area contributed by atoms with Crippen LogP contribution in [0.3, 0.4) is 0 Å². The summed E-state index contributed by atoms with van der Waals surface area (Å²) < 4.78 is 0. The number of guanidine groups is 1. The maximum Gasteiger partial charge on any atom is 0.227 e. The highest BCUT2D eigenvalue weighted by Crippen LogP contribution is 2.21. The molecule has 6 nitrogen and oxygen atoms in total. The van der Waals surface area contributed by atoms with E-state index < -0.39 is 0 Å². The van der Waals surface area contributed by atoms with E-state index in [4.69, 9.17) is 0 Å². The van der Waals surface area contributed by atoms with Gasteiger partial charge in [-0.2, -0.15) is 0 Å². The molecule has 1 amide bonds. The summed E-state index contributed by atoms with van der Waals surface area (Å²) >= 11 is 1.76. The first-order valence-corrected chi connectivity index (χ1v) is 10.1. The summed E-state index contributed by atoms with van der Waals surface area (Å²) in [6.45, 7) is 6.43. The Bertz CT molecular complexity index is 819. The highest BCUT2D eigenvalue weighted by Gasteiger charge is 2.21. The Kier molecular flexibility index (Phi) is 8.68. The van der Waals surface area contributed by atoms with Crippen LogP contribution in [-0.4, -0.2) is 37.0 Å². The molecule has 8 heteroatoms. The van der Waals surface area contributed by atoms with Gasteiger partial charge in [0.2, 0.25) is 5.91 Å². The van der Waals surface area contributed by atoms with Crippen LogP contribution >= 0.6 is 35.3 Å². The van der Waals surface area contributed by atoms with Gasteiger partial charge in [0.1, 0.15) is 0 Å². The molecule has 1 aromatic carbocycles. The number of thiazole rings is 1. The van der Waals surface area contributed by atoms with Gasteiger partial charge in [-0.15, -0.1) is 35.3 Å². The fourth-order valence-corrected chi connectivity index (χ4v) is 4.16. The predicted molar refractivity (Wildman–Crippen MR) is 127 cm³/mol. The molecule has 0 atom stereocenters. The molecule has 2 heterocycles. The molecule has 2 N–H and O–H groups in total. The Hall–Kier alpha value is -1.68. The number of nitrogens with zero attached hydrogens (tertiary/aromatic N) is 3. The zero-order chi connectivity index (χ0) is 19.2. The third-order valence-corrected chi connectivity index (χ3v) is 5.78. The van der Waals surface area contributed by atoms with E-state index in [1.54, 1.807) is 18.4 Å². The summed E-state index contributed by atoms with van der Waals surface area (Å²) in [5.41, 5.74) is 3.26. The van der Waals surface area contributed by atoms with Crippen molar-refractivity contribution >= 4 is 52.9 Å². The molecule has 2 aromatic rings. The van der Waals surface area contributed by atoms with E-state index in [-0.39, 0.29) is 29.9 Å². The lowest BCUT2D eigenvalue weighted by atomic mass is 10.2. The molecular formula is C20H28IN5OS. The van der Waals surface area contributed by atoms with Crippen molar-refractivity contribution in [2.45, 2.75) is 39.7 Å². The van der Waals surface area contributed by atoms with E-state index in [0.717, 1.165) is 53.8 Å². The first-order valence-electron chi connectivity index (χ1n) is 9.33. The Morgan fingerprint density at radius 2 is 2.00 bits per heavy atom. The van der Waals surface area contributed by atoms with Crippen molar-refractivity contribution in [1.29, 1.82) is 0 Å². The number of hydrogen-bond acceptors (Lipinski definition) is 4. The number of amides is 1. The van der Waals surface area contributed by atoms with Gasteiger partial charge in [-0.1, -0.05) is 12.1 Å². The summed E-state index contributed by atoms with van der Waals surface area (Å²) in [6.07, 6.45) is 2.55. The van der Waals surface area contributed by atoms with E-state index in [9.17, 15) is 4.79 Å². The molecule has 1 aliphatic rings. The van der Waals surface area contributed by atoms with Crippen LogP contribution in [0.4, 0.5) is 5.69 Å². The average molecular weight is 513 g/mol. The van der Waals surface area contributed by atoms with Crippen molar-refractivity contribution in [2.24, 2.45) is 4.99 Å². The maximum absolute atomic E-state index is 11.8. The molecule has 1 saturated heterocycles. The number of aromatic nitrogens is 1. The van der Waals surface area contributed by atoms with Crippen molar-refractivity contribution in [3.05, 3.63) is 45.4 Å². The third-order valence-electron chi connectivity index (χ3n) is 4.65. The number of hydrogen-bond donors (Lipinski definition) is 2. The van der Waals surface area contributed by atoms with E-state index in [2.05, 4.69) is 39.7 Å². The molecule has 28 heavy (non-hydrogen) atoms. The van der Waals surface area contributed by atoms with Crippen LogP contribution < -0.4 is 15.5 Å². The first kappa shape index (κ1) is 22.6. The smallest absolute Gasteiger partial charge is 0.227 e. The second kappa shape index (κ2) is 10.8. The van der Waals surface area contributed by atoms with Gasteiger partial charge in [0, 0.05) is 50.1 Å². The lowest BCUT2D eigenvalue weighted by molar-refractivity contribution is -0.117. The Labute approximate surface area is 187 Å². The van der Waals surface area contributed by atoms with Crippen LogP contribution in [0.5, 0.6) is 0 Å². The molecule has 0 aliphatic carbocycles. The highest BCUT2D eigenvalue weighted by atomic mass is 127. The zero-order valence-electron chi connectivity index (χ0n) is 16.6. The fourth-order valence-electron chi connectivity index (χ4n) is 3.22. The van der Waals surface area contributed by atoms with Gasteiger partial charge in [-0.05, 0) is 38.0 Å². The maximum atomic E-state index is 11.8. The van der Waals surface area contributed by atoms with Crippen LogP contribution in [0.15, 0.2) is 29.3 Å². The second-order valence-electron chi connectivity index (χ2n) is 6.66. The number of aliphatic imine (C=N–C) groups is 1. The molecule has 152 valence electrons. The van der Waals surface area contributed by atoms with Gasteiger partial charge in [0.15, 0.2) is 5.96 Å². The van der Waals surface area contributed by atoms with Gasteiger partial charge in [-0.3, -0.25) is 9.79 Å². The number of rotatable bonds is 6. The fraction of sp³-hybridized carbons (Fsp3) is 0.450. The lowest BCUT2D eigenvalue weighted by Crippen LogP contribution is -2.37. The molecule has 0 saturated carbocycles. The van der Waals surface area contributed by atoms with Crippen molar-refractivity contribution < 1.29 is 4.79 Å². The Balaban J connectivity index is 0.00000280. The Morgan fingerprint density at radius 3 is 2.57 bits per heavy atom. The molecule has 0 unspecified atom stereocenters. The van der Waals surface area contributed by atoms with Gasteiger partial charge < -0.3 is 15.5 Å². The monoisotopic (exact) mass is 513 g/mol. The van der Waals surface area contributed by atoms with E-state index >= 15 is 0 Å². The van der Waals surface area contributed by atoms with Crippen LogP contribution in [0.2, 0.25) is 0 Å². The minimum atomic E-state index is 0. The summed E-state index contributed by atoms with van der Waals surface area (Å²) in [5, 5.41) is 7.80.